The zero-order valence-corrected chi connectivity index (χ0v) is 9.28. The van der Waals surface area contributed by atoms with Gasteiger partial charge in [0, 0.05) is 12.5 Å². The average Bonchev–Trinajstić information content (AvgIpc) is 2.19. The number of nitrogens with two attached hydrogens (primary N) is 1. The monoisotopic (exact) mass is 242 g/mol. The van der Waals surface area contributed by atoms with Gasteiger partial charge in [-0.25, -0.2) is 0 Å². The van der Waals surface area contributed by atoms with Crippen LogP contribution in [0.1, 0.15) is 5.56 Å². The van der Waals surface area contributed by atoms with Gasteiger partial charge in [0.05, 0.1) is 17.0 Å². The number of nitro benzene ring substituents is 1. The van der Waals surface area contributed by atoms with Crippen LogP contribution in [-0.4, -0.2) is 22.1 Å². The normalized spacial score (nSPS) is 9.81. The lowest BCUT2D eigenvalue weighted by Gasteiger charge is -2.06. The number of nitro groups is 1. The number of methoxy groups -OCH3 is 1. The molecule has 86 valence electrons. The number of thiocarbonyl (C=S) groups is 1. The molecule has 0 unspecified atom stereocenters. The number of phenolic OH excluding ortho intramolecular Hbond substituents is 1. The van der Waals surface area contributed by atoms with Crippen LogP contribution in [0, 0.1) is 10.1 Å². The topological polar surface area (TPSA) is 98.6 Å². The Morgan fingerprint density at radius 3 is 2.75 bits per heavy atom. The van der Waals surface area contributed by atoms with Gasteiger partial charge in [0.2, 0.25) is 5.75 Å². The number of rotatable bonds is 4. The van der Waals surface area contributed by atoms with Gasteiger partial charge in [0.25, 0.3) is 0 Å². The molecule has 0 aromatic heterocycles. The van der Waals surface area contributed by atoms with Crippen LogP contribution in [0.5, 0.6) is 11.5 Å². The zero-order chi connectivity index (χ0) is 12.3. The molecule has 0 atom stereocenters. The van der Waals surface area contributed by atoms with Crippen LogP contribution in [0.15, 0.2) is 12.1 Å². The number of phenols is 1. The molecule has 0 aliphatic rings. The molecule has 6 nitrogen and oxygen atoms in total. The number of nitrogens with zero attached hydrogens (tertiary/aromatic N) is 1. The van der Waals surface area contributed by atoms with E-state index in [1.807, 2.05) is 0 Å². The summed E-state index contributed by atoms with van der Waals surface area (Å²) in [6, 6.07) is 2.68. The van der Waals surface area contributed by atoms with Crippen molar-refractivity contribution in [3.8, 4) is 11.5 Å². The van der Waals surface area contributed by atoms with Gasteiger partial charge in [-0.15, -0.1) is 0 Å². The Bertz CT molecular complexity index is 447. The zero-order valence-electron chi connectivity index (χ0n) is 8.47. The maximum atomic E-state index is 10.7. The van der Waals surface area contributed by atoms with Crippen molar-refractivity contribution in [2.24, 2.45) is 5.73 Å². The summed E-state index contributed by atoms with van der Waals surface area (Å²) in [6.07, 6.45) is 0.215. The second kappa shape index (κ2) is 4.75. The summed E-state index contributed by atoms with van der Waals surface area (Å²) < 4.78 is 4.82. The third-order valence-corrected chi connectivity index (χ3v) is 2.05. The average molecular weight is 242 g/mol. The minimum atomic E-state index is -0.694. The highest BCUT2D eigenvalue weighted by Crippen LogP contribution is 2.36. The van der Waals surface area contributed by atoms with Gasteiger partial charge in [-0.1, -0.05) is 12.2 Å². The van der Waals surface area contributed by atoms with E-state index in [4.69, 9.17) is 22.7 Å². The van der Waals surface area contributed by atoms with Crippen LogP contribution in [0.3, 0.4) is 0 Å². The number of hydrogen-bond donors (Lipinski definition) is 2. The summed E-state index contributed by atoms with van der Waals surface area (Å²) in [5.74, 6) is -0.473. The second-order valence-electron chi connectivity index (χ2n) is 3.07. The Hall–Kier alpha value is -1.89. The SMILES string of the molecule is COc1cc(CC(N)=S)cc([N+](=O)[O-])c1O. The summed E-state index contributed by atoms with van der Waals surface area (Å²) in [5.41, 5.74) is 5.44. The van der Waals surface area contributed by atoms with Crippen LogP contribution >= 0.6 is 12.2 Å². The highest BCUT2D eigenvalue weighted by Gasteiger charge is 2.19. The molecule has 16 heavy (non-hydrogen) atoms. The Kier molecular flexibility index (Phi) is 3.62. The van der Waals surface area contributed by atoms with Gasteiger partial charge >= 0.3 is 5.69 Å². The molecule has 0 aliphatic heterocycles. The molecule has 0 spiro atoms. The van der Waals surface area contributed by atoms with Crippen molar-refractivity contribution in [2.45, 2.75) is 6.42 Å². The molecular formula is C9H10N2O4S. The Balaban J connectivity index is 3.28. The molecule has 1 rings (SSSR count). The van der Waals surface area contributed by atoms with Gasteiger partial charge < -0.3 is 15.6 Å². The Morgan fingerprint density at radius 2 is 2.31 bits per heavy atom. The summed E-state index contributed by atoms with van der Waals surface area (Å²) in [5, 5.41) is 20.1. The van der Waals surface area contributed by atoms with Crippen LogP contribution in [0.25, 0.3) is 0 Å². The standard InChI is InChI=1S/C9H10N2O4S/c1-15-7-3-5(4-8(10)16)2-6(9(7)12)11(13)14/h2-3,12H,4H2,1H3,(H2,10,16). The second-order valence-corrected chi connectivity index (χ2v) is 3.59. The van der Waals surface area contributed by atoms with E-state index in [2.05, 4.69) is 0 Å². The van der Waals surface area contributed by atoms with E-state index in [9.17, 15) is 15.2 Å². The molecule has 0 amide bonds. The fourth-order valence-electron chi connectivity index (χ4n) is 1.25. The largest absolute Gasteiger partial charge is 0.500 e. The van der Waals surface area contributed by atoms with E-state index in [-0.39, 0.29) is 17.2 Å². The number of hydrogen-bond acceptors (Lipinski definition) is 5. The first kappa shape index (κ1) is 12.2. The number of ether oxygens (including phenoxy) is 1. The van der Waals surface area contributed by atoms with Crippen molar-refractivity contribution in [2.75, 3.05) is 7.11 Å². The first-order valence-corrected chi connectivity index (χ1v) is 4.69. The molecule has 1 aromatic rings. The molecule has 0 bridgehead atoms. The summed E-state index contributed by atoms with van der Waals surface area (Å²) in [4.78, 5) is 10.2. The van der Waals surface area contributed by atoms with Crippen LogP contribution in [-0.2, 0) is 6.42 Å². The smallest absolute Gasteiger partial charge is 0.314 e. The lowest BCUT2D eigenvalue weighted by Crippen LogP contribution is -2.11. The van der Waals surface area contributed by atoms with Gasteiger partial charge in [0.1, 0.15) is 0 Å². The van der Waals surface area contributed by atoms with Gasteiger partial charge in [-0.3, -0.25) is 10.1 Å². The highest BCUT2D eigenvalue weighted by molar-refractivity contribution is 7.80. The predicted octanol–water partition coefficient (Wildman–Crippen LogP) is 1.14. The number of benzene rings is 1. The van der Waals surface area contributed by atoms with Crippen molar-refractivity contribution in [1.29, 1.82) is 0 Å². The quantitative estimate of drug-likeness (QED) is 0.466. The van der Waals surface area contributed by atoms with Gasteiger partial charge in [-0.2, -0.15) is 0 Å². The fraction of sp³-hybridized carbons (Fsp3) is 0.222. The molecule has 0 heterocycles. The molecule has 3 N–H and O–H groups in total. The van der Waals surface area contributed by atoms with Gasteiger partial charge in [0.15, 0.2) is 5.75 Å². The molecule has 7 heteroatoms. The lowest BCUT2D eigenvalue weighted by molar-refractivity contribution is -0.386. The van der Waals surface area contributed by atoms with Crippen molar-refractivity contribution < 1.29 is 14.8 Å². The molecule has 0 radical (unpaired) electrons. The minimum absolute atomic E-state index is 0.0282. The van der Waals surface area contributed by atoms with E-state index in [1.165, 1.54) is 19.2 Å². The molecule has 0 aliphatic carbocycles. The summed E-state index contributed by atoms with van der Waals surface area (Å²) in [6.45, 7) is 0. The first-order chi connectivity index (χ1) is 7.45. The Morgan fingerprint density at radius 1 is 1.69 bits per heavy atom. The molecule has 0 fully saturated rings. The molecule has 1 aromatic carbocycles. The van der Waals surface area contributed by atoms with E-state index < -0.39 is 16.4 Å². The lowest BCUT2D eigenvalue weighted by atomic mass is 10.1. The van der Waals surface area contributed by atoms with E-state index >= 15 is 0 Å². The third-order valence-electron chi connectivity index (χ3n) is 1.91. The van der Waals surface area contributed by atoms with Crippen molar-refractivity contribution in [3.63, 3.8) is 0 Å². The summed E-state index contributed by atoms with van der Waals surface area (Å²) in [7, 11) is 1.31. The fourth-order valence-corrected chi connectivity index (χ4v) is 1.41. The van der Waals surface area contributed by atoms with Crippen LogP contribution in [0.4, 0.5) is 5.69 Å². The highest BCUT2D eigenvalue weighted by atomic mass is 32.1. The van der Waals surface area contributed by atoms with Crippen LogP contribution in [0.2, 0.25) is 0 Å². The van der Waals surface area contributed by atoms with E-state index in [0.29, 0.717) is 5.56 Å². The summed E-state index contributed by atoms with van der Waals surface area (Å²) >= 11 is 4.70. The van der Waals surface area contributed by atoms with Crippen molar-refractivity contribution in [3.05, 3.63) is 27.8 Å². The first-order valence-electron chi connectivity index (χ1n) is 4.28. The molecular weight excluding hydrogens is 232 g/mol. The third kappa shape index (κ3) is 2.57. The molecule has 0 saturated carbocycles. The number of aromatic hydroxyl groups is 1. The van der Waals surface area contributed by atoms with Crippen molar-refractivity contribution in [1.82, 2.24) is 0 Å². The van der Waals surface area contributed by atoms with Gasteiger partial charge in [-0.05, 0) is 11.6 Å². The minimum Gasteiger partial charge on any atom is -0.500 e. The van der Waals surface area contributed by atoms with Crippen LogP contribution < -0.4 is 10.5 Å². The van der Waals surface area contributed by atoms with Crippen molar-refractivity contribution >= 4 is 22.9 Å². The maximum Gasteiger partial charge on any atom is 0.314 e. The Labute approximate surface area is 96.8 Å². The maximum absolute atomic E-state index is 10.7. The van der Waals surface area contributed by atoms with E-state index in [0.717, 1.165) is 0 Å². The van der Waals surface area contributed by atoms with E-state index in [1.54, 1.807) is 0 Å². The predicted molar refractivity (Wildman–Crippen MR) is 61.8 cm³/mol. The molecule has 0 saturated heterocycles.